The van der Waals surface area contributed by atoms with E-state index in [1.807, 2.05) is 0 Å². The van der Waals surface area contributed by atoms with Crippen LogP contribution in [0.4, 0.5) is 0 Å². The first kappa shape index (κ1) is 16.1. The van der Waals surface area contributed by atoms with Crippen LogP contribution in [0.15, 0.2) is 29.2 Å². The van der Waals surface area contributed by atoms with Crippen molar-refractivity contribution in [1.82, 2.24) is 0 Å². The van der Waals surface area contributed by atoms with Crippen molar-refractivity contribution in [3.05, 3.63) is 24.3 Å². The standard InChI is InChI=1S/C6H5AsI2O3S.Na.H/c8-7(9)5-1-3-6(4-2-5)13(10,11)12;;/h1-4H,(H,10,11,12);;. The Morgan fingerprint density at radius 1 is 1.14 bits per heavy atom. The van der Waals surface area contributed by atoms with Gasteiger partial charge in [-0.1, -0.05) is 0 Å². The van der Waals surface area contributed by atoms with Crippen LogP contribution in [0.1, 0.15) is 0 Å². The molecule has 0 fully saturated rings. The van der Waals surface area contributed by atoms with E-state index >= 15 is 0 Å². The number of hydrogen-bond donors (Lipinski definition) is 1. The summed E-state index contributed by atoms with van der Waals surface area (Å²) in [4.78, 5) is -0.0418. The molecule has 0 unspecified atom stereocenters. The molecule has 1 aromatic carbocycles. The van der Waals surface area contributed by atoms with Gasteiger partial charge in [-0.25, -0.2) is 0 Å². The monoisotopic (exact) mass is 510 g/mol. The van der Waals surface area contributed by atoms with Crippen molar-refractivity contribution in [3.63, 3.8) is 0 Å². The first-order valence-corrected chi connectivity index (χ1v) is 16.9. The third-order valence-corrected chi connectivity index (χ3v) is 9.43. The van der Waals surface area contributed by atoms with Gasteiger partial charge in [-0.2, -0.15) is 0 Å². The maximum absolute atomic E-state index is 10.7. The first-order valence-electron chi connectivity index (χ1n) is 3.10. The van der Waals surface area contributed by atoms with Crippen molar-refractivity contribution in [1.29, 1.82) is 0 Å². The van der Waals surface area contributed by atoms with Gasteiger partial charge in [0, 0.05) is 0 Å². The van der Waals surface area contributed by atoms with Crippen molar-refractivity contribution < 1.29 is 13.0 Å². The molecule has 0 spiro atoms. The van der Waals surface area contributed by atoms with Gasteiger partial charge in [0.25, 0.3) is 0 Å². The van der Waals surface area contributed by atoms with Gasteiger partial charge in [0.15, 0.2) is 0 Å². The quantitative estimate of drug-likeness (QED) is 0.365. The number of benzene rings is 1. The zero-order valence-electron chi connectivity index (χ0n) is 6.18. The predicted octanol–water partition coefficient (Wildman–Crippen LogP) is 0.850. The fraction of sp³-hybridized carbons (Fsp3) is 0. The van der Waals surface area contributed by atoms with E-state index in [0.717, 1.165) is 0 Å². The Morgan fingerprint density at radius 2 is 1.57 bits per heavy atom. The number of halogens is 2. The first-order chi connectivity index (χ1) is 5.91. The second-order valence-corrected chi connectivity index (χ2v) is 25.3. The molecule has 14 heavy (non-hydrogen) atoms. The van der Waals surface area contributed by atoms with Crippen molar-refractivity contribution >= 4 is 92.2 Å². The van der Waals surface area contributed by atoms with Gasteiger partial charge < -0.3 is 0 Å². The summed E-state index contributed by atoms with van der Waals surface area (Å²) in [6.45, 7) is 0. The third kappa shape index (κ3) is 4.99. The second-order valence-electron chi connectivity index (χ2n) is 2.20. The van der Waals surface area contributed by atoms with Crippen molar-refractivity contribution in [2.75, 3.05) is 0 Å². The normalized spacial score (nSPS) is 11.1. The van der Waals surface area contributed by atoms with Crippen LogP contribution in [-0.4, -0.2) is 50.5 Å². The molecular weight excluding hydrogens is 504 g/mol. The van der Waals surface area contributed by atoms with E-state index < -0.39 is 18.1 Å². The predicted molar refractivity (Wildman–Crippen MR) is 76.8 cm³/mol. The topological polar surface area (TPSA) is 54.4 Å². The van der Waals surface area contributed by atoms with Gasteiger partial charge in [0.1, 0.15) is 0 Å². The summed E-state index contributed by atoms with van der Waals surface area (Å²) in [5.41, 5.74) is 0. The summed E-state index contributed by atoms with van der Waals surface area (Å²) in [5.74, 6) is 0. The fourth-order valence-corrected chi connectivity index (χ4v) is 5.34. The van der Waals surface area contributed by atoms with Crippen LogP contribution in [0.25, 0.3) is 0 Å². The molecule has 0 bridgehead atoms. The summed E-state index contributed by atoms with van der Waals surface area (Å²) < 4.78 is 31.2. The molecule has 0 aliphatic carbocycles. The molecule has 0 saturated heterocycles. The molecule has 0 heterocycles. The van der Waals surface area contributed by atoms with Crippen LogP contribution in [0.2, 0.25) is 0 Å². The Labute approximate surface area is 132 Å². The van der Waals surface area contributed by atoms with Gasteiger partial charge in [0.2, 0.25) is 0 Å². The molecule has 0 radical (unpaired) electrons. The SMILES string of the molecule is O=S(=O)(O)c1ccc([As](I)I)cc1.[NaH]. The van der Waals surface area contributed by atoms with E-state index in [-0.39, 0.29) is 34.5 Å². The molecule has 3 nitrogen and oxygen atoms in total. The Kier molecular flexibility index (Phi) is 7.82. The van der Waals surface area contributed by atoms with Crippen molar-refractivity contribution in [2.45, 2.75) is 4.90 Å². The summed E-state index contributed by atoms with van der Waals surface area (Å²) in [6.07, 6.45) is 0. The van der Waals surface area contributed by atoms with E-state index in [0.29, 0.717) is 0 Å². The molecule has 0 aliphatic rings. The van der Waals surface area contributed by atoms with E-state index in [2.05, 4.69) is 40.3 Å². The summed E-state index contributed by atoms with van der Waals surface area (Å²) in [6, 6.07) is 6.37. The molecule has 1 aromatic rings. The average Bonchev–Trinajstić information content (AvgIpc) is 2.03. The van der Waals surface area contributed by atoms with Crippen molar-refractivity contribution in [2.24, 2.45) is 0 Å². The van der Waals surface area contributed by atoms with E-state index in [9.17, 15) is 8.42 Å². The molecule has 0 atom stereocenters. The molecular formula is C6H6AsI2NaO3S. The zero-order chi connectivity index (χ0) is 10.1. The molecule has 1 N–H and O–H groups in total. The maximum atomic E-state index is 10.7. The molecule has 0 saturated carbocycles. The number of hydrogen-bond acceptors (Lipinski definition) is 2. The van der Waals surface area contributed by atoms with Crippen LogP contribution in [-0.2, 0) is 10.1 Å². The summed E-state index contributed by atoms with van der Waals surface area (Å²) >= 11 is 4.72. The van der Waals surface area contributed by atoms with Gasteiger partial charge >= 0.3 is 134 Å². The van der Waals surface area contributed by atoms with Crippen LogP contribution in [0, 0.1) is 0 Å². The van der Waals surface area contributed by atoms with Gasteiger partial charge in [0.05, 0.1) is 0 Å². The average molecular weight is 510 g/mol. The molecule has 0 amide bonds. The van der Waals surface area contributed by atoms with Crippen LogP contribution in [0.3, 0.4) is 0 Å². The number of rotatable bonds is 2. The van der Waals surface area contributed by atoms with Gasteiger partial charge in [-0.05, 0) is 0 Å². The Morgan fingerprint density at radius 3 is 1.86 bits per heavy atom. The minimum atomic E-state index is -4.03. The van der Waals surface area contributed by atoms with Gasteiger partial charge in [-0.3, -0.25) is 0 Å². The van der Waals surface area contributed by atoms with Crippen LogP contribution < -0.4 is 4.35 Å². The van der Waals surface area contributed by atoms with E-state index in [1.54, 1.807) is 12.1 Å². The molecule has 0 aliphatic heterocycles. The third-order valence-electron chi connectivity index (χ3n) is 1.33. The molecule has 0 aromatic heterocycles. The Balaban J connectivity index is 0.00000169. The fourth-order valence-electron chi connectivity index (χ4n) is 0.731. The second kappa shape index (κ2) is 6.78. The van der Waals surface area contributed by atoms with Crippen molar-refractivity contribution in [3.8, 4) is 0 Å². The Bertz CT molecular complexity index is 392. The molecule has 74 valence electrons. The zero-order valence-corrected chi connectivity index (χ0v) is 13.2. The van der Waals surface area contributed by atoms with Crippen LogP contribution >= 0.6 is 40.3 Å². The van der Waals surface area contributed by atoms with Crippen LogP contribution in [0.5, 0.6) is 0 Å². The van der Waals surface area contributed by atoms with E-state index in [1.165, 1.54) is 16.5 Å². The molecule has 1 rings (SSSR count). The van der Waals surface area contributed by atoms with Gasteiger partial charge in [-0.15, -0.1) is 0 Å². The Hall–Kier alpha value is 2.15. The summed E-state index contributed by atoms with van der Waals surface area (Å²) in [7, 11) is -5.04. The minimum absolute atomic E-state index is 0. The summed E-state index contributed by atoms with van der Waals surface area (Å²) in [5, 5.41) is 0. The molecule has 8 heteroatoms. The van der Waals surface area contributed by atoms with E-state index in [4.69, 9.17) is 4.55 Å².